The van der Waals surface area contributed by atoms with E-state index < -0.39 is 0 Å². The van der Waals surface area contributed by atoms with Crippen molar-refractivity contribution in [3.8, 4) is 17.2 Å². The average molecular weight is 400 g/mol. The molecule has 1 saturated heterocycles. The lowest BCUT2D eigenvalue weighted by Gasteiger charge is -2.35. The summed E-state index contributed by atoms with van der Waals surface area (Å²) >= 11 is 6.13. The number of nitrogens with zero attached hydrogens (tertiary/aromatic N) is 3. The molecule has 3 aromatic rings. The number of hydrogen-bond donors (Lipinski definition) is 1. The highest BCUT2D eigenvalue weighted by Crippen LogP contribution is 2.23. The standard InChI is InChI=1S/C21H23ClN4O2/c1-15(20-23-24-21(28-20)16-6-8-19(27-2)9-7-16)25-10-12-26(13-11-25)18-5-3-4-17(22)14-18/h3-9,14-15H,10-13H2,1-2H3/p+1/t15-/m1/s1. The number of nitrogens with one attached hydrogen (secondary N) is 1. The van der Waals surface area contributed by atoms with E-state index >= 15 is 0 Å². The summed E-state index contributed by atoms with van der Waals surface area (Å²) < 4.78 is 11.2. The van der Waals surface area contributed by atoms with E-state index in [0.29, 0.717) is 11.8 Å². The molecular weight excluding hydrogens is 376 g/mol. The van der Waals surface area contributed by atoms with Crippen LogP contribution in [0.3, 0.4) is 0 Å². The summed E-state index contributed by atoms with van der Waals surface area (Å²) in [6, 6.07) is 15.8. The molecular formula is C21H24ClN4O2+. The Morgan fingerprint density at radius 3 is 2.54 bits per heavy atom. The van der Waals surface area contributed by atoms with E-state index in [1.807, 2.05) is 42.5 Å². The number of quaternary nitrogens is 1. The Bertz CT molecular complexity index is 920. The molecule has 0 aliphatic carbocycles. The Morgan fingerprint density at radius 1 is 1.11 bits per heavy atom. The summed E-state index contributed by atoms with van der Waals surface area (Å²) in [5, 5.41) is 9.31. The zero-order valence-corrected chi connectivity index (χ0v) is 16.8. The molecule has 6 nitrogen and oxygen atoms in total. The maximum Gasteiger partial charge on any atom is 0.274 e. The van der Waals surface area contributed by atoms with Gasteiger partial charge < -0.3 is 19.0 Å². The fraction of sp³-hybridized carbons (Fsp3) is 0.333. The van der Waals surface area contributed by atoms with Crippen LogP contribution in [0.1, 0.15) is 18.9 Å². The molecule has 0 radical (unpaired) electrons. The lowest BCUT2D eigenvalue weighted by atomic mass is 10.2. The lowest BCUT2D eigenvalue weighted by Crippen LogP contribution is -3.14. The smallest absolute Gasteiger partial charge is 0.274 e. The topological polar surface area (TPSA) is 55.8 Å². The number of hydrogen-bond acceptors (Lipinski definition) is 5. The molecule has 1 N–H and O–H groups in total. The third kappa shape index (κ3) is 3.98. The number of rotatable bonds is 5. The normalized spacial score (nSPS) is 16.2. The van der Waals surface area contributed by atoms with Crippen molar-refractivity contribution in [1.82, 2.24) is 10.2 Å². The van der Waals surface area contributed by atoms with Crippen LogP contribution >= 0.6 is 11.6 Å². The van der Waals surface area contributed by atoms with Crippen molar-refractivity contribution in [2.75, 3.05) is 38.2 Å². The van der Waals surface area contributed by atoms with Gasteiger partial charge in [0.2, 0.25) is 5.89 Å². The van der Waals surface area contributed by atoms with Crippen LogP contribution in [0.15, 0.2) is 52.9 Å². The number of benzene rings is 2. The first kappa shape index (κ1) is 18.8. The summed E-state index contributed by atoms with van der Waals surface area (Å²) in [5.74, 6) is 2.03. The molecule has 4 rings (SSSR count). The van der Waals surface area contributed by atoms with Crippen LogP contribution < -0.4 is 14.5 Å². The van der Waals surface area contributed by atoms with Crippen molar-refractivity contribution in [3.63, 3.8) is 0 Å². The van der Waals surface area contributed by atoms with Gasteiger partial charge in [-0.1, -0.05) is 17.7 Å². The van der Waals surface area contributed by atoms with Crippen molar-refractivity contribution in [1.29, 1.82) is 0 Å². The molecule has 1 atom stereocenters. The summed E-state index contributed by atoms with van der Waals surface area (Å²) in [7, 11) is 1.65. The molecule has 1 fully saturated rings. The highest BCUT2D eigenvalue weighted by molar-refractivity contribution is 6.30. The second-order valence-corrected chi connectivity index (χ2v) is 7.46. The minimum Gasteiger partial charge on any atom is -0.497 e. The van der Waals surface area contributed by atoms with Gasteiger partial charge in [-0.3, -0.25) is 0 Å². The zero-order chi connectivity index (χ0) is 19.5. The van der Waals surface area contributed by atoms with Crippen molar-refractivity contribution in [2.24, 2.45) is 0 Å². The van der Waals surface area contributed by atoms with Gasteiger partial charge in [-0.05, 0) is 49.4 Å². The van der Waals surface area contributed by atoms with Crippen LogP contribution in [-0.4, -0.2) is 43.5 Å². The second-order valence-electron chi connectivity index (χ2n) is 7.02. The van der Waals surface area contributed by atoms with Crippen molar-refractivity contribution < 1.29 is 14.1 Å². The van der Waals surface area contributed by atoms with Gasteiger partial charge in [-0.15, -0.1) is 10.2 Å². The first-order chi connectivity index (χ1) is 13.6. The van der Waals surface area contributed by atoms with E-state index in [2.05, 4.69) is 28.1 Å². The summed E-state index contributed by atoms with van der Waals surface area (Å²) in [4.78, 5) is 3.82. The predicted molar refractivity (Wildman–Crippen MR) is 109 cm³/mol. The third-order valence-corrected chi connectivity index (χ3v) is 5.57. The Balaban J connectivity index is 1.40. The van der Waals surface area contributed by atoms with E-state index in [0.717, 1.165) is 42.5 Å². The van der Waals surface area contributed by atoms with Crippen molar-refractivity contribution >= 4 is 17.3 Å². The number of piperazine rings is 1. The molecule has 0 bridgehead atoms. The molecule has 1 aromatic heterocycles. The highest BCUT2D eigenvalue weighted by atomic mass is 35.5. The van der Waals surface area contributed by atoms with Crippen LogP contribution in [0, 0.1) is 0 Å². The van der Waals surface area contributed by atoms with Crippen LogP contribution in [0.25, 0.3) is 11.5 Å². The SMILES string of the molecule is COc1ccc(-c2nnc([C@@H](C)[NH+]3CCN(c4cccc(Cl)c4)CC3)o2)cc1. The van der Waals surface area contributed by atoms with Gasteiger partial charge in [0.1, 0.15) is 5.75 Å². The molecule has 0 unspecified atom stereocenters. The van der Waals surface area contributed by atoms with Crippen LogP contribution in [-0.2, 0) is 0 Å². The Labute approximate surface area is 169 Å². The van der Waals surface area contributed by atoms with Gasteiger partial charge in [0.25, 0.3) is 5.89 Å². The molecule has 146 valence electrons. The van der Waals surface area contributed by atoms with Gasteiger partial charge in [-0.2, -0.15) is 0 Å². The fourth-order valence-corrected chi connectivity index (χ4v) is 3.78. The Hall–Kier alpha value is -2.57. The van der Waals surface area contributed by atoms with Gasteiger partial charge in [0.15, 0.2) is 6.04 Å². The molecule has 0 spiro atoms. The third-order valence-electron chi connectivity index (χ3n) is 5.34. The average Bonchev–Trinajstić information content (AvgIpc) is 3.24. The predicted octanol–water partition coefficient (Wildman–Crippen LogP) is 2.86. The number of aromatic nitrogens is 2. The van der Waals surface area contributed by atoms with Gasteiger partial charge >= 0.3 is 0 Å². The number of anilines is 1. The zero-order valence-electron chi connectivity index (χ0n) is 16.1. The van der Waals surface area contributed by atoms with E-state index in [4.69, 9.17) is 20.8 Å². The van der Waals surface area contributed by atoms with Crippen molar-refractivity contribution in [2.45, 2.75) is 13.0 Å². The largest absolute Gasteiger partial charge is 0.497 e. The molecule has 7 heteroatoms. The summed E-state index contributed by atoms with van der Waals surface area (Å²) in [6.07, 6.45) is 0. The molecule has 28 heavy (non-hydrogen) atoms. The summed E-state index contributed by atoms with van der Waals surface area (Å²) in [6.45, 7) is 6.11. The minimum absolute atomic E-state index is 0.154. The highest BCUT2D eigenvalue weighted by Gasteiger charge is 2.29. The monoisotopic (exact) mass is 399 g/mol. The Morgan fingerprint density at radius 2 is 1.86 bits per heavy atom. The lowest BCUT2D eigenvalue weighted by molar-refractivity contribution is -0.931. The second kappa shape index (κ2) is 8.20. The van der Waals surface area contributed by atoms with Gasteiger partial charge in [-0.25, -0.2) is 0 Å². The molecule has 2 heterocycles. The van der Waals surface area contributed by atoms with Gasteiger partial charge in [0.05, 0.1) is 33.3 Å². The number of methoxy groups -OCH3 is 1. The van der Waals surface area contributed by atoms with Crippen LogP contribution in [0.2, 0.25) is 5.02 Å². The first-order valence-electron chi connectivity index (χ1n) is 9.47. The molecule has 0 amide bonds. The quantitative estimate of drug-likeness (QED) is 0.715. The van der Waals surface area contributed by atoms with Crippen molar-refractivity contribution in [3.05, 3.63) is 59.4 Å². The van der Waals surface area contributed by atoms with E-state index in [-0.39, 0.29) is 6.04 Å². The molecule has 1 aliphatic rings. The maximum absolute atomic E-state index is 6.13. The van der Waals surface area contributed by atoms with E-state index in [9.17, 15) is 0 Å². The van der Waals surface area contributed by atoms with E-state index in [1.54, 1.807) is 7.11 Å². The molecule has 1 aliphatic heterocycles. The van der Waals surface area contributed by atoms with Crippen LogP contribution in [0.5, 0.6) is 5.75 Å². The molecule has 0 saturated carbocycles. The van der Waals surface area contributed by atoms with E-state index in [1.165, 1.54) is 10.6 Å². The van der Waals surface area contributed by atoms with Gasteiger partial charge in [0, 0.05) is 16.3 Å². The Kier molecular flexibility index (Phi) is 5.50. The first-order valence-corrected chi connectivity index (χ1v) is 9.85. The summed E-state index contributed by atoms with van der Waals surface area (Å²) in [5.41, 5.74) is 2.08. The fourth-order valence-electron chi connectivity index (χ4n) is 3.59. The minimum atomic E-state index is 0.154. The molecule has 2 aromatic carbocycles. The number of ether oxygens (including phenoxy) is 1. The maximum atomic E-state index is 6.13. The van der Waals surface area contributed by atoms with Crippen LogP contribution in [0.4, 0.5) is 5.69 Å². The number of halogens is 1.